The Morgan fingerprint density at radius 3 is 2.53 bits per heavy atom. The van der Waals surface area contributed by atoms with Crippen LogP contribution >= 0.6 is 0 Å². The standard InChI is InChI=1S/C14H16O5/c1-17-14-12(4-11-7-19-11)9(5-15)2-8(13(14)16)3-10-6-18-10/h2,5,10-11,16H,3-4,6-7H2,1H3. The van der Waals surface area contributed by atoms with Gasteiger partial charge in [-0.3, -0.25) is 4.79 Å². The number of benzene rings is 1. The normalized spacial score (nSPS) is 24.1. The van der Waals surface area contributed by atoms with E-state index in [2.05, 4.69) is 0 Å². The van der Waals surface area contributed by atoms with E-state index in [0.717, 1.165) is 11.8 Å². The van der Waals surface area contributed by atoms with Crippen molar-refractivity contribution in [3.8, 4) is 11.5 Å². The topological polar surface area (TPSA) is 71.6 Å². The number of carbonyl (C=O) groups excluding carboxylic acids is 1. The van der Waals surface area contributed by atoms with Crippen LogP contribution in [0.3, 0.4) is 0 Å². The maximum Gasteiger partial charge on any atom is 0.164 e. The van der Waals surface area contributed by atoms with Crippen LogP contribution in [-0.4, -0.2) is 43.9 Å². The van der Waals surface area contributed by atoms with Crippen molar-refractivity contribution in [3.05, 3.63) is 22.8 Å². The number of hydrogen-bond donors (Lipinski definition) is 1. The van der Waals surface area contributed by atoms with Crippen LogP contribution in [-0.2, 0) is 22.3 Å². The molecule has 19 heavy (non-hydrogen) atoms. The maximum absolute atomic E-state index is 11.3. The molecule has 2 atom stereocenters. The molecule has 5 heteroatoms. The third kappa shape index (κ3) is 2.57. The minimum Gasteiger partial charge on any atom is -0.504 e. The molecule has 0 amide bonds. The lowest BCUT2D eigenvalue weighted by atomic mass is 9.96. The van der Waals surface area contributed by atoms with E-state index < -0.39 is 0 Å². The Kier molecular flexibility index (Phi) is 3.16. The number of ether oxygens (including phenoxy) is 3. The molecule has 3 rings (SSSR count). The predicted molar refractivity (Wildman–Crippen MR) is 66.9 cm³/mol. The number of rotatable bonds is 6. The fourth-order valence-electron chi connectivity index (χ4n) is 2.30. The highest BCUT2D eigenvalue weighted by Gasteiger charge is 2.30. The molecule has 2 heterocycles. The summed E-state index contributed by atoms with van der Waals surface area (Å²) in [5.74, 6) is 0.495. The van der Waals surface area contributed by atoms with Crippen LogP contribution in [0, 0.1) is 0 Å². The van der Waals surface area contributed by atoms with Crippen LogP contribution in [0.5, 0.6) is 11.5 Å². The summed E-state index contributed by atoms with van der Waals surface area (Å²) in [6, 6.07) is 1.73. The number of aromatic hydroxyl groups is 1. The Labute approximate surface area is 111 Å². The van der Waals surface area contributed by atoms with E-state index in [-0.39, 0.29) is 18.0 Å². The van der Waals surface area contributed by atoms with Gasteiger partial charge in [0.25, 0.3) is 0 Å². The number of phenolic OH excluding ortho intramolecular Hbond substituents is 1. The molecule has 0 radical (unpaired) electrons. The van der Waals surface area contributed by atoms with Gasteiger partial charge in [0.15, 0.2) is 11.5 Å². The average Bonchev–Trinajstić information content (AvgIpc) is 3.28. The SMILES string of the molecule is COc1c(O)c(CC2CO2)cc(C=O)c1CC1CO1. The molecule has 1 N–H and O–H groups in total. The summed E-state index contributed by atoms with van der Waals surface area (Å²) >= 11 is 0. The highest BCUT2D eigenvalue weighted by molar-refractivity contribution is 5.81. The minimum absolute atomic E-state index is 0.110. The third-order valence-electron chi connectivity index (χ3n) is 3.49. The fourth-order valence-corrected chi connectivity index (χ4v) is 2.30. The van der Waals surface area contributed by atoms with Crippen LogP contribution < -0.4 is 4.74 Å². The van der Waals surface area contributed by atoms with E-state index in [1.54, 1.807) is 6.07 Å². The molecule has 0 spiro atoms. The molecule has 0 aliphatic carbocycles. The van der Waals surface area contributed by atoms with Crippen LogP contribution in [0.15, 0.2) is 6.07 Å². The second kappa shape index (κ2) is 4.83. The van der Waals surface area contributed by atoms with E-state index >= 15 is 0 Å². The molecule has 2 saturated heterocycles. The first-order valence-corrected chi connectivity index (χ1v) is 6.33. The van der Waals surface area contributed by atoms with Gasteiger partial charge in [0.05, 0.1) is 32.5 Å². The van der Waals surface area contributed by atoms with Crippen LogP contribution in [0.25, 0.3) is 0 Å². The highest BCUT2D eigenvalue weighted by atomic mass is 16.6. The first-order chi connectivity index (χ1) is 9.22. The molecule has 0 aromatic heterocycles. The van der Waals surface area contributed by atoms with Crippen molar-refractivity contribution < 1.29 is 24.1 Å². The summed E-state index contributed by atoms with van der Waals surface area (Å²) in [5.41, 5.74) is 1.97. The van der Waals surface area contributed by atoms with Gasteiger partial charge in [-0.05, 0) is 6.07 Å². The zero-order chi connectivity index (χ0) is 13.4. The van der Waals surface area contributed by atoms with Gasteiger partial charge in [0.1, 0.15) is 6.29 Å². The van der Waals surface area contributed by atoms with E-state index in [1.165, 1.54) is 7.11 Å². The Morgan fingerprint density at radius 2 is 2.00 bits per heavy atom. The van der Waals surface area contributed by atoms with Gasteiger partial charge in [-0.2, -0.15) is 0 Å². The van der Waals surface area contributed by atoms with Crippen molar-refractivity contribution in [1.82, 2.24) is 0 Å². The Morgan fingerprint density at radius 1 is 1.37 bits per heavy atom. The third-order valence-corrected chi connectivity index (χ3v) is 3.49. The van der Waals surface area contributed by atoms with Crippen LogP contribution in [0.1, 0.15) is 21.5 Å². The molecule has 102 valence electrons. The molecule has 2 unspecified atom stereocenters. The van der Waals surface area contributed by atoms with Crippen molar-refractivity contribution in [2.24, 2.45) is 0 Å². The Hall–Kier alpha value is -1.59. The summed E-state index contributed by atoms with van der Waals surface area (Å²) in [7, 11) is 1.50. The minimum atomic E-state index is 0.110. The van der Waals surface area contributed by atoms with Crippen molar-refractivity contribution in [3.63, 3.8) is 0 Å². The predicted octanol–water partition coefficient (Wildman–Crippen LogP) is 1.10. The van der Waals surface area contributed by atoms with Crippen molar-refractivity contribution >= 4 is 6.29 Å². The summed E-state index contributed by atoms with van der Waals surface area (Å²) in [4.78, 5) is 11.3. The second-order valence-electron chi connectivity index (χ2n) is 4.92. The average molecular weight is 264 g/mol. The largest absolute Gasteiger partial charge is 0.504 e. The number of aldehydes is 1. The first kappa shape index (κ1) is 12.4. The van der Waals surface area contributed by atoms with Gasteiger partial charge < -0.3 is 19.3 Å². The van der Waals surface area contributed by atoms with Crippen LogP contribution in [0.2, 0.25) is 0 Å². The molecule has 2 aliphatic rings. The zero-order valence-electron chi connectivity index (χ0n) is 10.7. The summed E-state index contributed by atoms with van der Waals surface area (Å²) < 4.78 is 15.6. The van der Waals surface area contributed by atoms with E-state index in [0.29, 0.717) is 42.9 Å². The van der Waals surface area contributed by atoms with E-state index in [9.17, 15) is 9.90 Å². The number of carbonyl (C=O) groups is 1. The quantitative estimate of drug-likeness (QED) is 0.615. The maximum atomic E-state index is 11.3. The molecule has 1 aromatic rings. The summed E-state index contributed by atoms with van der Waals surface area (Å²) in [6.07, 6.45) is 2.27. The first-order valence-electron chi connectivity index (χ1n) is 6.33. The highest BCUT2D eigenvalue weighted by Crippen LogP contribution is 2.39. The van der Waals surface area contributed by atoms with Gasteiger partial charge in [-0.25, -0.2) is 0 Å². The van der Waals surface area contributed by atoms with Crippen molar-refractivity contribution in [1.29, 1.82) is 0 Å². The van der Waals surface area contributed by atoms with Gasteiger partial charge in [0.2, 0.25) is 0 Å². The smallest absolute Gasteiger partial charge is 0.164 e. The molecule has 2 fully saturated rings. The molecular weight excluding hydrogens is 248 g/mol. The summed E-state index contributed by atoms with van der Waals surface area (Å²) in [6.45, 7) is 1.40. The summed E-state index contributed by atoms with van der Waals surface area (Å²) in [5, 5.41) is 10.3. The number of methoxy groups -OCH3 is 1. The van der Waals surface area contributed by atoms with Gasteiger partial charge in [-0.15, -0.1) is 0 Å². The van der Waals surface area contributed by atoms with Gasteiger partial charge >= 0.3 is 0 Å². The van der Waals surface area contributed by atoms with Crippen LogP contribution in [0.4, 0.5) is 0 Å². The lowest BCUT2D eigenvalue weighted by Crippen LogP contribution is -2.05. The van der Waals surface area contributed by atoms with E-state index in [4.69, 9.17) is 14.2 Å². The molecular formula is C14H16O5. The number of phenols is 1. The van der Waals surface area contributed by atoms with Gasteiger partial charge in [-0.1, -0.05) is 0 Å². The molecule has 2 aliphatic heterocycles. The van der Waals surface area contributed by atoms with E-state index in [1.807, 2.05) is 0 Å². The lowest BCUT2D eigenvalue weighted by Gasteiger charge is -2.15. The molecule has 5 nitrogen and oxygen atoms in total. The zero-order valence-corrected chi connectivity index (χ0v) is 10.7. The molecule has 0 saturated carbocycles. The molecule has 1 aromatic carbocycles. The second-order valence-corrected chi connectivity index (χ2v) is 4.92. The number of hydrogen-bond acceptors (Lipinski definition) is 5. The van der Waals surface area contributed by atoms with Crippen molar-refractivity contribution in [2.75, 3.05) is 20.3 Å². The monoisotopic (exact) mass is 264 g/mol. The Bertz CT molecular complexity index is 503. The van der Waals surface area contributed by atoms with Gasteiger partial charge in [0, 0.05) is 29.5 Å². The lowest BCUT2D eigenvalue weighted by molar-refractivity contribution is 0.112. The number of epoxide rings is 2. The van der Waals surface area contributed by atoms with Crippen molar-refractivity contribution in [2.45, 2.75) is 25.0 Å². The fraction of sp³-hybridized carbons (Fsp3) is 0.500. The molecule has 0 bridgehead atoms. The Balaban J connectivity index is 2.00.